The first-order valence-corrected chi connectivity index (χ1v) is 6.41. The fourth-order valence-electron chi connectivity index (χ4n) is 1.87. The molecule has 0 aromatic carbocycles. The fourth-order valence-corrected chi connectivity index (χ4v) is 2.47. The number of piperazine rings is 1. The lowest BCUT2D eigenvalue weighted by Crippen LogP contribution is -2.64. The zero-order valence-corrected chi connectivity index (χ0v) is 10.7. The molecule has 0 saturated carbocycles. The Morgan fingerprint density at radius 1 is 1.53 bits per heavy atom. The van der Waals surface area contributed by atoms with E-state index in [1.54, 1.807) is 24.3 Å². The minimum atomic E-state index is -0.794. The number of carbonyl (C=O) groups excluding carboxylic acids is 2. The molecule has 1 aromatic rings. The first kappa shape index (κ1) is 12.0. The SMILES string of the molecule is CC1(C)NC(=O)CN(CCc2cscn2)C1=O. The summed E-state index contributed by atoms with van der Waals surface area (Å²) in [5.41, 5.74) is 1.94. The van der Waals surface area contributed by atoms with Crippen molar-refractivity contribution in [2.75, 3.05) is 13.1 Å². The molecule has 1 fully saturated rings. The molecule has 2 rings (SSSR count). The van der Waals surface area contributed by atoms with Gasteiger partial charge in [-0.05, 0) is 13.8 Å². The lowest BCUT2D eigenvalue weighted by Gasteiger charge is -2.37. The molecule has 0 spiro atoms. The molecular weight excluding hydrogens is 238 g/mol. The zero-order valence-electron chi connectivity index (χ0n) is 9.90. The van der Waals surface area contributed by atoms with Gasteiger partial charge in [-0.3, -0.25) is 9.59 Å². The topological polar surface area (TPSA) is 62.3 Å². The molecule has 2 amide bonds. The van der Waals surface area contributed by atoms with Crippen LogP contribution in [0.2, 0.25) is 0 Å². The maximum absolute atomic E-state index is 12.0. The molecule has 0 unspecified atom stereocenters. The van der Waals surface area contributed by atoms with Crippen molar-refractivity contribution in [3.8, 4) is 0 Å². The molecule has 2 heterocycles. The number of nitrogens with one attached hydrogen (secondary N) is 1. The van der Waals surface area contributed by atoms with Gasteiger partial charge in [0.15, 0.2) is 0 Å². The third kappa shape index (κ3) is 2.63. The summed E-state index contributed by atoms with van der Waals surface area (Å²) >= 11 is 1.53. The molecule has 0 radical (unpaired) electrons. The van der Waals surface area contributed by atoms with Gasteiger partial charge in [0, 0.05) is 18.3 Å². The van der Waals surface area contributed by atoms with Gasteiger partial charge in [-0.15, -0.1) is 11.3 Å². The molecule has 17 heavy (non-hydrogen) atoms. The highest BCUT2D eigenvalue weighted by atomic mass is 32.1. The Bertz CT molecular complexity index is 428. The summed E-state index contributed by atoms with van der Waals surface area (Å²) in [6, 6.07) is 0. The minimum absolute atomic E-state index is 0.0349. The Morgan fingerprint density at radius 3 is 2.94 bits per heavy atom. The third-order valence-corrected chi connectivity index (χ3v) is 3.36. The first-order chi connectivity index (χ1) is 7.99. The maximum Gasteiger partial charge on any atom is 0.248 e. The quantitative estimate of drug-likeness (QED) is 0.849. The molecule has 1 saturated heterocycles. The third-order valence-electron chi connectivity index (χ3n) is 2.73. The number of hydrogen-bond donors (Lipinski definition) is 1. The molecule has 5 nitrogen and oxygen atoms in total. The fraction of sp³-hybridized carbons (Fsp3) is 0.545. The van der Waals surface area contributed by atoms with E-state index in [2.05, 4.69) is 10.3 Å². The molecule has 1 N–H and O–H groups in total. The van der Waals surface area contributed by atoms with Crippen LogP contribution in [0.15, 0.2) is 10.9 Å². The minimum Gasteiger partial charge on any atom is -0.341 e. The summed E-state index contributed by atoms with van der Waals surface area (Å²) < 4.78 is 0. The summed E-state index contributed by atoms with van der Waals surface area (Å²) in [7, 11) is 0. The van der Waals surface area contributed by atoms with Crippen molar-refractivity contribution < 1.29 is 9.59 Å². The van der Waals surface area contributed by atoms with Crippen LogP contribution >= 0.6 is 11.3 Å². The second-order valence-electron chi connectivity index (χ2n) is 4.63. The Balaban J connectivity index is 2.00. The number of carbonyl (C=O) groups is 2. The van der Waals surface area contributed by atoms with Crippen molar-refractivity contribution in [2.45, 2.75) is 25.8 Å². The highest BCUT2D eigenvalue weighted by Crippen LogP contribution is 2.14. The number of thiazole rings is 1. The van der Waals surface area contributed by atoms with Crippen LogP contribution in [0.5, 0.6) is 0 Å². The number of nitrogens with zero attached hydrogens (tertiary/aromatic N) is 2. The van der Waals surface area contributed by atoms with E-state index in [0.29, 0.717) is 13.0 Å². The molecule has 0 atom stereocenters. The molecule has 0 aliphatic carbocycles. The van der Waals surface area contributed by atoms with E-state index in [0.717, 1.165) is 5.69 Å². The lowest BCUT2D eigenvalue weighted by atomic mass is 10.0. The van der Waals surface area contributed by atoms with Gasteiger partial charge in [-0.2, -0.15) is 0 Å². The molecule has 1 aliphatic rings. The lowest BCUT2D eigenvalue weighted by molar-refractivity contribution is -0.148. The van der Waals surface area contributed by atoms with Crippen LogP contribution in [0.3, 0.4) is 0 Å². The monoisotopic (exact) mass is 253 g/mol. The van der Waals surface area contributed by atoms with Gasteiger partial charge in [-0.1, -0.05) is 0 Å². The summed E-state index contributed by atoms with van der Waals surface area (Å²) in [6.45, 7) is 4.14. The van der Waals surface area contributed by atoms with Crippen molar-refractivity contribution >= 4 is 23.2 Å². The Hall–Kier alpha value is -1.43. The van der Waals surface area contributed by atoms with Crippen molar-refractivity contribution in [3.05, 3.63) is 16.6 Å². The zero-order chi connectivity index (χ0) is 12.5. The van der Waals surface area contributed by atoms with Crippen LogP contribution in [0, 0.1) is 0 Å². The Kier molecular flexibility index (Phi) is 3.15. The van der Waals surface area contributed by atoms with Crippen LogP contribution < -0.4 is 5.32 Å². The van der Waals surface area contributed by atoms with Gasteiger partial charge in [0.05, 0.1) is 17.7 Å². The van der Waals surface area contributed by atoms with E-state index in [-0.39, 0.29) is 18.4 Å². The smallest absolute Gasteiger partial charge is 0.248 e. The number of hydrogen-bond acceptors (Lipinski definition) is 4. The standard InChI is InChI=1S/C11H15N3O2S/c1-11(2)10(16)14(5-9(15)13-11)4-3-8-6-17-7-12-8/h6-7H,3-5H2,1-2H3,(H,13,15). The molecule has 0 bridgehead atoms. The Morgan fingerprint density at radius 2 is 2.29 bits per heavy atom. The molecule has 1 aromatic heterocycles. The predicted molar refractivity (Wildman–Crippen MR) is 64.6 cm³/mol. The van der Waals surface area contributed by atoms with Gasteiger partial charge >= 0.3 is 0 Å². The predicted octanol–water partition coefficient (Wildman–Crippen LogP) is 0.423. The van der Waals surface area contributed by atoms with E-state index >= 15 is 0 Å². The van der Waals surface area contributed by atoms with Crippen LogP contribution in [0.25, 0.3) is 0 Å². The summed E-state index contributed by atoms with van der Waals surface area (Å²) in [4.78, 5) is 29.3. The summed E-state index contributed by atoms with van der Waals surface area (Å²) in [5, 5.41) is 4.64. The van der Waals surface area contributed by atoms with Crippen LogP contribution in [0.4, 0.5) is 0 Å². The number of amides is 2. The van der Waals surface area contributed by atoms with Gasteiger partial charge in [0.1, 0.15) is 5.54 Å². The van der Waals surface area contributed by atoms with Crippen LogP contribution in [0.1, 0.15) is 19.5 Å². The van der Waals surface area contributed by atoms with Crippen molar-refractivity contribution in [3.63, 3.8) is 0 Å². The van der Waals surface area contributed by atoms with Crippen molar-refractivity contribution in [2.24, 2.45) is 0 Å². The van der Waals surface area contributed by atoms with E-state index in [4.69, 9.17) is 0 Å². The number of rotatable bonds is 3. The average Bonchev–Trinajstić information content (AvgIpc) is 2.73. The summed E-state index contributed by atoms with van der Waals surface area (Å²) in [5.74, 6) is -0.139. The van der Waals surface area contributed by atoms with Gasteiger partial charge in [-0.25, -0.2) is 4.98 Å². The largest absolute Gasteiger partial charge is 0.341 e. The summed E-state index contributed by atoms with van der Waals surface area (Å²) in [6.07, 6.45) is 0.693. The molecule has 1 aliphatic heterocycles. The van der Waals surface area contributed by atoms with E-state index in [9.17, 15) is 9.59 Å². The van der Waals surface area contributed by atoms with Gasteiger partial charge in [0.2, 0.25) is 11.8 Å². The number of aromatic nitrogens is 1. The highest BCUT2D eigenvalue weighted by Gasteiger charge is 2.38. The van der Waals surface area contributed by atoms with Crippen molar-refractivity contribution in [1.29, 1.82) is 0 Å². The van der Waals surface area contributed by atoms with Crippen molar-refractivity contribution in [1.82, 2.24) is 15.2 Å². The Labute approximate surface area is 104 Å². The highest BCUT2D eigenvalue weighted by molar-refractivity contribution is 7.07. The van der Waals surface area contributed by atoms with E-state index < -0.39 is 5.54 Å². The molecule has 6 heteroatoms. The molecule has 92 valence electrons. The first-order valence-electron chi connectivity index (χ1n) is 5.46. The van der Waals surface area contributed by atoms with E-state index in [1.807, 2.05) is 5.38 Å². The van der Waals surface area contributed by atoms with Crippen LogP contribution in [-0.4, -0.2) is 40.3 Å². The second kappa shape index (κ2) is 4.44. The van der Waals surface area contributed by atoms with Crippen LogP contribution in [-0.2, 0) is 16.0 Å². The van der Waals surface area contributed by atoms with Gasteiger partial charge < -0.3 is 10.2 Å². The normalized spacial score (nSPS) is 19.3. The maximum atomic E-state index is 12.0. The van der Waals surface area contributed by atoms with E-state index in [1.165, 1.54) is 11.3 Å². The second-order valence-corrected chi connectivity index (χ2v) is 5.35. The van der Waals surface area contributed by atoms with Gasteiger partial charge in [0.25, 0.3) is 0 Å². The molecular formula is C11H15N3O2S. The average molecular weight is 253 g/mol.